The number of hydrogen-bond donors (Lipinski definition) is 2. The van der Waals surface area contributed by atoms with Gasteiger partial charge in [-0.05, 0) is 47.7 Å². The molecule has 0 bridgehead atoms. The first kappa shape index (κ1) is 21.1. The van der Waals surface area contributed by atoms with Gasteiger partial charge in [0.2, 0.25) is 5.95 Å². The molecule has 6 heteroatoms. The molecule has 3 N–H and O–H groups in total. The second kappa shape index (κ2) is 8.28. The van der Waals surface area contributed by atoms with E-state index in [0.29, 0.717) is 12.1 Å². The molecule has 0 amide bonds. The highest BCUT2D eigenvalue weighted by Gasteiger charge is 2.43. The number of carbonyl (C=O) groups excluding carboxylic acids is 1. The Bertz CT molecular complexity index is 1290. The molecular formula is C27H25FN4O. The number of nitrogens with two attached hydrogens (primary N) is 1. The van der Waals surface area contributed by atoms with Gasteiger partial charge in [-0.25, -0.2) is 14.4 Å². The zero-order chi connectivity index (χ0) is 23.0. The van der Waals surface area contributed by atoms with Crippen molar-refractivity contribution in [2.24, 2.45) is 0 Å². The van der Waals surface area contributed by atoms with Crippen LogP contribution in [0.3, 0.4) is 0 Å². The van der Waals surface area contributed by atoms with E-state index < -0.39 is 0 Å². The van der Waals surface area contributed by atoms with Crippen LogP contribution >= 0.6 is 0 Å². The van der Waals surface area contributed by atoms with Crippen molar-refractivity contribution >= 4 is 11.7 Å². The lowest BCUT2D eigenvalue weighted by atomic mass is 9.61. The molecule has 0 unspecified atom stereocenters. The van der Waals surface area contributed by atoms with Gasteiger partial charge in [-0.3, -0.25) is 4.79 Å². The monoisotopic (exact) mass is 440 g/mol. The molecule has 0 saturated heterocycles. The van der Waals surface area contributed by atoms with Gasteiger partial charge in [0.05, 0.1) is 5.69 Å². The first-order valence-corrected chi connectivity index (χ1v) is 11.2. The van der Waals surface area contributed by atoms with Crippen LogP contribution < -0.4 is 5.73 Å². The molecule has 2 aromatic heterocycles. The Morgan fingerprint density at radius 2 is 1.64 bits per heavy atom. The average molecular weight is 441 g/mol. The number of hydrogen-bond acceptors (Lipinski definition) is 4. The van der Waals surface area contributed by atoms with Crippen LogP contribution in [0.2, 0.25) is 0 Å². The summed E-state index contributed by atoms with van der Waals surface area (Å²) in [6.45, 7) is 1.86. The van der Waals surface area contributed by atoms with Crippen LogP contribution in [-0.4, -0.2) is 20.7 Å². The fourth-order valence-corrected chi connectivity index (χ4v) is 4.71. The lowest BCUT2D eigenvalue weighted by Crippen LogP contribution is -2.36. The van der Waals surface area contributed by atoms with Gasteiger partial charge < -0.3 is 10.7 Å². The number of rotatable bonds is 6. The van der Waals surface area contributed by atoms with Gasteiger partial charge in [-0.15, -0.1) is 0 Å². The van der Waals surface area contributed by atoms with Crippen LogP contribution in [-0.2, 0) is 5.41 Å². The smallest absolute Gasteiger partial charge is 0.219 e. The average Bonchev–Trinajstić information content (AvgIpc) is 3.25. The molecule has 1 aliphatic carbocycles. The second-order valence-corrected chi connectivity index (χ2v) is 8.60. The van der Waals surface area contributed by atoms with E-state index in [4.69, 9.17) is 5.73 Å². The largest absolute Gasteiger partial charge is 0.368 e. The molecule has 1 fully saturated rings. The first-order chi connectivity index (χ1) is 16.0. The number of halogens is 1. The minimum absolute atomic E-state index is 0.0674. The van der Waals surface area contributed by atoms with Gasteiger partial charge in [0.1, 0.15) is 5.82 Å². The van der Waals surface area contributed by atoms with Crippen LogP contribution in [0.25, 0.3) is 22.3 Å². The van der Waals surface area contributed by atoms with Gasteiger partial charge in [0.15, 0.2) is 5.78 Å². The predicted molar refractivity (Wildman–Crippen MR) is 127 cm³/mol. The molecule has 5 nitrogen and oxygen atoms in total. The van der Waals surface area contributed by atoms with E-state index in [-0.39, 0.29) is 23.0 Å². The van der Waals surface area contributed by atoms with Crippen molar-refractivity contribution in [1.29, 1.82) is 0 Å². The Kier molecular flexibility index (Phi) is 5.29. The third kappa shape index (κ3) is 3.71. The van der Waals surface area contributed by atoms with Crippen molar-refractivity contribution in [3.8, 4) is 22.3 Å². The van der Waals surface area contributed by atoms with E-state index in [9.17, 15) is 9.18 Å². The minimum atomic E-state index is -0.277. The SMILES string of the molecule is CCC(=O)c1cc(-c2ccc(F)cc2)c(C2(c3ccc(-c4cnc(N)nc4)cc3)CCC2)[nH]1. The maximum absolute atomic E-state index is 13.6. The molecule has 4 aromatic rings. The van der Waals surface area contributed by atoms with Crippen molar-refractivity contribution in [2.45, 2.75) is 38.0 Å². The highest BCUT2D eigenvalue weighted by atomic mass is 19.1. The lowest BCUT2D eigenvalue weighted by Gasteiger charge is -2.43. The summed E-state index contributed by atoms with van der Waals surface area (Å²) >= 11 is 0. The fourth-order valence-electron chi connectivity index (χ4n) is 4.71. The predicted octanol–water partition coefficient (Wildman–Crippen LogP) is 5.92. The maximum atomic E-state index is 13.6. The Morgan fingerprint density at radius 3 is 2.21 bits per heavy atom. The zero-order valence-corrected chi connectivity index (χ0v) is 18.4. The second-order valence-electron chi connectivity index (χ2n) is 8.60. The fraction of sp³-hybridized carbons (Fsp3) is 0.222. The molecule has 33 heavy (non-hydrogen) atoms. The van der Waals surface area contributed by atoms with Crippen LogP contribution in [0.4, 0.5) is 10.3 Å². The van der Waals surface area contributed by atoms with Gasteiger partial charge in [0, 0.05) is 41.1 Å². The number of aromatic nitrogens is 3. The van der Waals surface area contributed by atoms with Crippen molar-refractivity contribution in [3.05, 3.63) is 89.8 Å². The van der Waals surface area contributed by atoms with Crippen LogP contribution in [0.1, 0.15) is 54.4 Å². The summed E-state index contributed by atoms with van der Waals surface area (Å²) in [5, 5.41) is 0. The summed E-state index contributed by atoms with van der Waals surface area (Å²) in [7, 11) is 0. The molecule has 0 spiro atoms. The van der Waals surface area contributed by atoms with E-state index >= 15 is 0 Å². The number of aromatic amines is 1. The Balaban J connectivity index is 1.59. The van der Waals surface area contributed by atoms with E-state index in [2.05, 4.69) is 39.2 Å². The van der Waals surface area contributed by atoms with Crippen molar-refractivity contribution in [1.82, 2.24) is 15.0 Å². The Morgan fingerprint density at radius 1 is 1.00 bits per heavy atom. The lowest BCUT2D eigenvalue weighted by molar-refractivity contribution is 0.0983. The standard InChI is InChI=1S/C27H25FN4O/c1-2-24(33)23-14-22(18-6-10-21(28)11-7-18)25(32-23)27(12-3-13-27)20-8-4-17(5-9-20)19-15-30-26(29)31-16-19/h4-11,14-16,32H,2-3,12-13H2,1H3,(H2,29,30,31). The van der Waals surface area contributed by atoms with Gasteiger partial charge in [-0.2, -0.15) is 0 Å². The van der Waals surface area contributed by atoms with E-state index in [1.807, 2.05) is 13.0 Å². The third-order valence-electron chi connectivity index (χ3n) is 6.72. The molecular weight excluding hydrogens is 415 g/mol. The Hall–Kier alpha value is -3.80. The number of H-pyrrole nitrogens is 1. The summed E-state index contributed by atoms with van der Waals surface area (Å²) in [6.07, 6.45) is 6.92. The Labute approximate surface area is 191 Å². The van der Waals surface area contributed by atoms with Crippen LogP contribution in [0.15, 0.2) is 67.0 Å². The molecule has 2 heterocycles. The van der Waals surface area contributed by atoms with Crippen LogP contribution in [0, 0.1) is 5.82 Å². The highest BCUT2D eigenvalue weighted by molar-refractivity contribution is 5.96. The zero-order valence-electron chi connectivity index (χ0n) is 18.4. The molecule has 1 aliphatic rings. The highest BCUT2D eigenvalue weighted by Crippen LogP contribution is 2.51. The van der Waals surface area contributed by atoms with Crippen molar-refractivity contribution in [2.75, 3.05) is 5.73 Å². The summed E-state index contributed by atoms with van der Waals surface area (Å²) in [6, 6.07) is 16.8. The number of nitrogen functional groups attached to an aromatic ring is 1. The minimum Gasteiger partial charge on any atom is -0.368 e. The number of carbonyl (C=O) groups is 1. The molecule has 2 aromatic carbocycles. The van der Waals surface area contributed by atoms with Gasteiger partial charge >= 0.3 is 0 Å². The van der Waals surface area contributed by atoms with E-state index in [1.165, 1.54) is 17.7 Å². The first-order valence-electron chi connectivity index (χ1n) is 11.2. The normalized spacial score (nSPS) is 14.6. The van der Waals surface area contributed by atoms with Crippen molar-refractivity contribution < 1.29 is 9.18 Å². The van der Waals surface area contributed by atoms with Crippen LogP contribution in [0.5, 0.6) is 0 Å². The summed E-state index contributed by atoms with van der Waals surface area (Å²) in [4.78, 5) is 24.2. The molecule has 166 valence electrons. The summed E-state index contributed by atoms with van der Waals surface area (Å²) in [5.41, 5.74) is 12.0. The number of Topliss-reactive ketones (excluding diaryl/α,β-unsaturated/α-hetero) is 1. The summed E-state index contributed by atoms with van der Waals surface area (Å²) in [5.74, 6) is 0.0420. The molecule has 0 aliphatic heterocycles. The number of nitrogens with one attached hydrogen (secondary N) is 1. The molecule has 0 atom stereocenters. The van der Waals surface area contributed by atoms with E-state index in [0.717, 1.165) is 47.2 Å². The number of benzene rings is 2. The van der Waals surface area contributed by atoms with Gasteiger partial charge in [-0.1, -0.05) is 49.7 Å². The molecule has 5 rings (SSSR count). The molecule has 0 radical (unpaired) electrons. The van der Waals surface area contributed by atoms with Gasteiger partial charge in [0.25, 0.3) is 0 Å². The number of anilines is 1. The van der Waals surface area contributed by atoms with Crippen molar-refractivity contribution in [3.63, 3.8) is 0 Å². The third-order valence-corrected chi connectivity index (χ3v) is 6.72. The number of ketones is 1. The maximum Gasteiger partial charge on any atom is 0.219 e. The topological polar surface area (TPSA) is 84.7 Å². The quantitative estimate of drug-likeness (QED) is 0.364. The molecule has 1 saturated carbocycles. The summed E-state index contributed by atoms with van der Waals surface area (Å²) < 4.78 is 13.6. The number of nitrogens with zero attached hydrogens (tertiary/aromatic N) is 2. The van der Waals surface area contributed by atoms with E-state index in [1.54, 1.807) is 24.5 Å².